The molecule has 2 aromatic rings. The molecule has 1 fully saturated rings. The molecule has 0 radical (unpaired) electrons. The van der Waals surface area contributed by atoms with Crippen molar-refractivity contribution in [2.75, 3.05) is 18.8 Å². The number of thioether (sulfide) groups is 1. The fraction of sp³-hybridized carbons (Fsp3) is 0.421. The molecule has 0 spiro atoms. The van der Waals surface area contributed by atoms with E-state index in [-0.39, 0.29) is 17.8 Å². The van der Waals surface area contributed by atoms with E-state index in [9.17, 15) is 9.18 Å². The molecule has 0 saturated carbocycles. The second-order valence-electron chi connectivity index (χ2n) is 6.40. The summed E-state index contributed by atoms with van der Waals surface area (Å²) >= 11 is 1.42. The van der Waals surface area contributed by atoms with Crippen LogP contribution in [0.15, 0.2) is 35.2 Å². The van der Waals surface area contributed by atoms with Gasteiger partial charge in [0.25, 0.3) is 0 Å². The minimum absolute atomic E-state index is 0.0639. The van der Waals surface area contributed by atoms with Gasteiger partial charge in [0, 0.05) is 22.8 Å². The fourth-order valence-electron chi connectivity index (χ4n) is 2.92. The summed E-state index contributed by atoms with van der Waals surface area (Å²) < 4.78 is 18.8. The minimum Gasteiger partial charge on any atom is -0.458 e. The third-order valence-corrected chi connectivity index (χ3v) is 5.14. The van der Waals surface area contributed by atoms with Crippen molar-refractivity contribution in [3.05, 3.63) is 47.5 Å². The van der Waals surface area contributed by atoms with Gasteiger partial charge in [-0.05, 0) is 57.0 Å². The average molecular weight is 375 g/mol. The summed E-state index contributed by atoms with van der Waals surface area (Å²) in [7, 11) is 0. The van der Waals surface area contributed by atoms with Gasteiger partial charge in [-0.15, -0.1) is 11.8 Å². The lowest BCUT2D eigenvalue weighted by atomic mass is 10.1. The molecule has 138 valence electrons. The van der Waals surface area contributed by atoms with Crippen LogP contribution in [0.25, 0.3) is 0 Å². The van der Waals surface area contributed by atoms with Gasteiger partial charge in [-0.25, -0.2) is 14.4 Å². The molecule has 26 heavy (non-hydrogen) atoms. The molecule has 1 aromatic heterocycles. The Hall–Kier alpha value is -2.15. The molecule has 0 aliphatic carbocycles. The van der Waals surface area contributed by atoms with Crippen molar-refractivity contribution in [1.29, 1.82) is 0 Å². The molecule has 2 heterocycles. The summed E-state index contributed by atoms with van der Waals surface area (Å²) in [5.74, 6) is 0.123. The number of likely N-dealkylation sites (tertiary alicyclic amines) is 1. The maximum absolute atomic E-state index is 12.9. The van der Waals surface area contributed by atoms with Crippen molar-refractivity contribution in [2.45, 2.75) is 37.7 Å². The Bertz CT molecular complexity index is 750. The number of aryl methyl sites for hydroxylation is 2. The highest BCUT2D eigenvalue weighted by Gasteiger charge is 2.25. The number of ether oxygens (including phenoxy) is 1. The van der Waals surface area contributed by atoms with Crippen LogP contribution in [0.2, 0.25) is 0 Å². The third-order valence-electron chi connectivity index (χ3n) is 4.14. The van der Waals surface area contributed by atoms with E-state index in [0.29, 0.717) is 18.3 Å². The topological polar surface area (TPSA) is 55.3 Å². The van der Waals surface area contributed by atoms with Gasteiger partial charge in [-0.1, -0.05) is 0 Å². The third kappa shape index (κ3) is 5.17. The summed E-state index contributed by atoms with van der Waals surface area (Å²) in [6.07, 6.45) is 1.68. The van der Waals surface area contributed by atoms with Crippen molar-refractivity contribution >= 4 is 17.7 Å². The number of benzene rings is 1. The molecule has 1 atom stereocenters. The van der Waals surface area contributed by atoms with E-state index in [2.05, 4.69) is 9.97 Å². The lowest BCUT2D eigenvalue weighted by Crippen LogP contribution is -2.45. The number of hydrogen-bond acceptors (Lipinski definition) is 5. The highest BCUT2D eigenvalue weighted by atomic mass is 32.2. The zero-order valence-corrected chi connectivity index (χ0v) is 15.8. The minimum atomic E-state index is -0.273. The average Bonchev–Trinajstić information content (AvgIpc) is 2.60. The largest absolute Gasteiger partial charge is 0.458 e. The molecular formula is C19H22FN3O2S. The van der Waals surface area contributed by atoms with Crippen LogP contribution in [0, 0.1) is 19.7 Å². The van der Waals surface area contributed by atoms with Crippen LogP contribution < -0.4 is 4.74 Å². The Morgan fingerprint density at radius 2 is 1.96 bits per heavy atom. The highest BCUT2D eigenvalue weighted by molar-refractivity contribution is 8.00. The Morgan fingerprint density at radius 1 is 1.27 bits per heavy atom. The smallest absolute Gasteiger partial charge is 0.317 e. The number of carbonyl (C=O) groups excluding carboxylic acids is 1. The molecule has 1 unspecified atom stereocenters. The number of aromatic nitrogens is 2. The first-order valence-corrected chi connectivity index (χ1v) is 9.63. The van der Waals surface area contributed by atoms with E-state index < -0.39 is 0 Å². The van der Waals surface area contributed by atoms with E-state index in [1.165, 1.54) is 23.9 Å². The molecule has 1 aliphatic rings. The van der Waals surface area contributed by atoms with E-state index >= 15 is 0 Å². The van der Waals surface area contributed by atoms with Gasteiger partial charge in [0.2, 0.25) is 5.91 Å². The number of piperidine rings is 1. The van der Waals surface area contributed by atoms with E-state index in [1.54, 1.807) is 12.1 Å². The Kier molecular flexibility index (Phi) is 6.08. The number of rotatable bonds is 5. The molecule has 1 aromatic carbocycles. The standard InChI is InChI=1S/C19H22FN3O2S/c1-13-10-14(2)22-19(21-13)25-16-4-3-9-23(11-16)18(24)12-26-17-7-5-15(20)6-8-17/h5-8,10,16H,3-4,9,11-12H2,1-2H3. The SMILES string of the molecule is Cc1cc(C)nc(OC2CCCN(C(=O)CSc3ccc(F)cc3)C2)n1. The van der Waals surface area contributed by atoms with Crippen molar-refractivity contribution in [2.24, 2.45) is 0 Å². The second kappa shape index (κ2) is 8.49. The second-order valence-corrected chi connectivity index (χ2v) is 7.45. The molecule has 0 bridgehead atoms. The summed E-state index contributed by atoms with van der Waals surface area (Å²) in [4.78, 5) is 23.8. The van der Waals surface area contributed by atoms with Crippen molar-refractivity contribution in [3.8, 4) is 6.01 Å². The highest BCUT2D eigenvalue weighted by Crippen LogP contribution is 2.21. The van der Waals surface area contributed by atoms with Crippen LogP contribution in [0.1, 0.15) is 24.2 Å². The summed E-state index contributed by atoms with van der Waals surface area (Å²) in [6, 6.07) is 8.46. The number of amides is 1. The van der Waals surface area contributed by atoms with Gasteiger partial charge in [0.15, 0.2) is 0 Å². The van der Waals surface area contributed by atoms with Crippen molar-refractivity contribution < 1.29 is 13.9 Å². The first-order chi connectivity index (χ1) is 12.5. The zero-order valence-electron chi connectivity index (χ0n) is 14.9. The van der Waals surface area contributed by atoms with E-state index in [0.717, 1.165) is 35.7 Å². The first kappa shape index (κ1) is 18.6. The van der Waals surface area contributed by atoms with Crippen molar-refractivity contribution in [1.82, 2.24) is 14.9 Å². The molecule has 3 rings (SSSR count). The number of nitrogens with zero attached hydrogens (tertiary/aromatic N) is 3. The van der Waals surface area contributed by atoms with Gasteiger partial charge in [-0.2, -0.15) is 0 Å². The monoisotopic (exact) mass is 375 g/mol. The first-order valence-electron chi connectivity index (χ1n) is 8.64. The quantitative estimate of drug-likeness (QED) is 0.750. The zero-order chi connectivity index (χ0) is 18.5. The van der Waals surface area contributed by atoms with Crippen LogP contribution >= 0.6 is 11.8 Å². The molecule has 5 nitrogen and oxygen atoms in total. The molecular weight excluding hydrogens is 353 g/mol. The van der Waals surface area contributed by atoms with Crippen LogP contribution in [0.5, 0.6) is 6.01 Å². The molecule has 7 heteroatoms. The summed E-state index contributed by atoms with van der Waals surface area (Å²) in [6.45, 7) is 5.09. The summed E-state index contributed by atoms with van der Waals surface area (Å²) in [5, 5.41) is 0. The maximum atomic E-state index is 12.9. The number of halogens is 1. The van der Waals surface area contributed by atoms with E-state index in [4.69, 9.17) is 4.74 Å². The Morgan fingerprint density at radius 3 is 2.65 bits per heavy atom. The van der Waals surface area contributed by atoms with Gasteiger partial charge in [-0.3, -0.25) is 4.79 Å². The molecule has 1 saturated heterocycles. The maximum Gasteiger partial charge on any atom is 0.317 e. The van der Waals surface area contributed by atoms with Crippen LogP contribution in [-0.4, -0.2) is 45.7 Å². The van der Waals surface area contributed by atoms with Gasteiger partial charge >= 0.3 is 6.01 Å². The number of hydrogen-bond donors (Lipinski definition) is 0. The van der Waals surface area contributed by atoms with Gasteiger partial charge in [0.05, 0.1) is 12.3 Å². The normalized spacial score (nSPS) is 17.2. The lowest BCUT2D eigenvalue weighted by Gasteiger charge is -2.32. The van der Waals surface area contributed by atoms with Crippen LogP contribution in [-0.2, 0) is 4.79 Å². The summed E-state index contributed by atoms with van der Waals surface area (Å²) in [5.41, 5.74) is 1.74. The Balaban J connectivity index is 1.53. The predicted molar refractivity (Wildman–Crippen MR) is 98.9 cm³/mol. The van der Waals surface area contributed by atoms with Gasteiger partial charge < -0.3 is 9.64 Å². The molecule has 1 amide bonds. The van der Waals surface area contributed by atoms with Crippen molar-refractivity contribution in [3.63, 3.8) is 0 Å². The molecule has 0 N–H and O–H groups in total. The number of carbonyl (C=O) groups is 1. The van der Waals surface area contributed by atoms with Crippen LogP contribution in [0.4, 0.5) is 4.39 Å². The lowest BCUT2D eigenvalue weighted by molar-refractivity contribution is -0.131. The Labute approximate surface area is 157 Å². The van der Waals surface area contributed by atoms with Gasteiger partial charge in [0.1, 0.15) is 11.9 Å². The van der Waals surface area contributed by atoms with Crippen LogP contribution in [0.3, 0.4) is 0 Å². The molecule has 1 aliphatic heterocycles. The predicted octanol–water partition coefficient (Wildman–Crippen LogP) is 3.39. The fourth-order valence-corrected chi connectivity index (χ4v) is 3.72. The van der Waals surface area contributed by atoms with E-state index in [1.807, 2.05) is 24.8 Å².